The zero-order chi connectivity index (χ0) is 14.1. The molecule has 20 heavy (non-hydrogen) atoms. The Hall–Kier alpha value is -1.84. The lowest BCUT2D eigenvalue weighted by molar-refractivity contribution is -0.134. The minimum absolute atomic E-state index is 0.0385. The van der Waals surface area contributed by atoms with Gasteiger partial charge in [0.05, 0.1) is 0 Å². The van der Waals surface area contributed by atoms with E-state index in [1.165, 1.54) is 0 Å². The van der Waals surface area contributed by atoms with Gasteiger partial charge in [-0.1, -0.05) is 43.7 Å². The number of benzene rings is 1. The van der Waals surface area contributed by atoms with Crippen LogP contribution in [0.25, 0.3) is 0 Å². The van der Waals surface area contributed by atoms with Gasteiger partial charge in [-0.3, -0.25) is 9.59 Å². The van der Waals surface area contributed by atoms with Gasteiger partial charge >= 0.3 is 0 Å². The van der Waals surface area contributed by atoms with Crippen molar-refractivity contribution < 1.29 is 9.59 Å². The smallest absolute Gasteiger partial charge is 0.250 e. The van der Waals surface area contributed by atoms with Crippen molar-refractivity contribution in [2.24, 2.45) is 5.92 Å². The van der Waals surface area contributed by atoms with Crippen LogP contribution in [-0.4, -0.2) is 29.3 Å². The molecule has 0 radical (unpaired) electrons. The van der Waals surface area contributed by atoms with Crippen molar-refractivity contribution in [2.45, 2.75) is 38.3 Å². The molecule has 1 heterocycles. The van der Waals surface area contributed by atoms with E-state index in [1.807, 2.05) is 35.2 Å². The summed E-state index contributed by atoms with van der Waals surface area (Å²) in [6.45, 7) is 2.71. The van der Waals surface area contributed by atoms with Gasteiger partial charge < -0.3 is 10.2 Å². The molecule has 2 fully saturated rings. The van der Waals surface area contributed by atoms with Gasteiger partial charge in [-0.2, -0.15) is 0 Å². The van der Waals surface area contributed by atoms with Crippen LogP contribution in [-0.2, 0) is 9.59 Å². The molecule has 3 unspecified atom stereocenters. The number of rotatable bonds is 3. The minimum Gasteiger partial charge on any atom is -0.340 e. The molecule has 4 nitrogen and oxygen atoms in total. The van der Waals surface area contributed by atoms with E-state index in [1.54, 1.807) is 0 Å². The molecule has 2 amide bonds. The van der Waals surface area contributed by atoms with Crippen molar-refractivity contribution in [3.05, 3.63) is 35.9 Å². The van der Waals surface area contributed by atoms with Gasteiger partial charge in [-0.15, -0.1) is 0 Å². The lowest BCUT2D eigenvalue weighted by Crippen LogP contribution is -2.40. The summed E-state index contributed by atoms with van der Waals surface area (Å²) in [6, 6.07) is 9.33. The first kappa shape index (κ1) is 13.2. The van der Waals surface area contributed by atoms with Gasteiger partial charge in [0.1, 0.15) is 6.04 Å². The lowest BCUT2D eigenvalue weighted by atomic mass is 10.1. The summed E-state index contributed by atoms with van der Waals surface area (Å²) in [4.78, 5) is 26.5. The summed E-state index contributed by atoms with van der Waals surface area (Å²) in [6.07, 6.45) is 2.59. The van der Waals surface area contributed by atoms with Crippen LogP contribution >= 0.6 is 0 Å². The number of nitrogens with one attached hydrogen (secondary N) is 1. The van der Waals surface area contributed by atoms with Crippen LogP contribution in [0.4, 0.5) is 0 Å². The van der Waals surface area contributed by atoms with Crippen LogP contribution in [0.5, 0.6) is 0 Å². The molecule has 0 bridgehead atoms. The monoisotopic (exact) mass is 272 g/mol. The molecule has 1 saturated carbocycles. The maximum Gasteiger partial charge on any atom is 0.250 e. The lowest BCUT2D eigenvalue weighted by Gasteiger charge is -2.24. The first-order valence-electron chi connectivity index (χ1n) is 7.35. The summed E-state index contributed by atoms with van der Waals surface area (Å²) in [7, 11) is 0. The van der Waals surface area contributed by atoms with E-state index in [4.69, 9.17) is 0 Å². The third-order valence-electron chi connectivity index (χ3n) is 4.36. The Morgan fingerprint density at radius 3 is 2.65 bits per heavy atom. The average Bonchev–Trinajstić information content (AvgIpc) is 3.25. The second-order valence-electron chi connectivity index (χ2n) is 5.66. The number of nitrogens with zero attached hydrogens (tertiary/aromatic N) is 1. The topological polar surface area (TPSA) is 49.4 Å². The van der Waals surface area contributed by atoms with Gasteiger partial charge in [0.2, 0.25) is 11.8 Å². The third-order valence-corrected chi connectivity index (χ3v) is 4.36. The molecule has 1 aliphatic carbocycles. The van der Waals surface area contributed by atoms with Crippen molar-refractivity contribution >= 4 is 11.8 Å². The molecule has 3 rings (SSSR count). The molecular formula is C16H20N2O2. The van der Waals surface area contributed by atoms with Gasteiger partial charge in [-0.05, 0) is 17.9 Å². The molecular weight excluding hydrogens is 252 g/mol. The summed E-state index contributed by atoms with van der Waals surface area (Å²) >= 11 is 0. The normalized spacial score (nSPS) is 29.9. The fourth-order valence-electron chi connectivity index (χ4n) is 3.05. The van der Waals surface area contributed by atoms with E-state index in [0.717, 1.165) is 18.4 Å². The van der Waals surface area contributed by atoms with E-state index >= 15 is 0 Å². The fraction of sp³-hybridized carbons (Fsp3) is 0.500. The Kier molecular flexibility index (Phi) is 3.47. The quantitative estimate of drug-likeness (QED) is 0.913. The van der Waals surface area contributed by atoms with E-state index in [9.17, 15) is 9.59 Å². The molecule has 1 N–H and O–H groups in total. The molecule has 4 heteroatoms. The van der Waals surface area contributed by atoms with Crippen molar-refractivity contribution in [2.75, 3.05) is 6.54 Å². The largest absolute Gasteiger partial charge is 0.340 e. The van der Waals surface area contributed by atoms with Crippen molar-refractivity contribution in [1.29, 1.82) is 0 Å². The molecule has 1 saturated heterocycles. The Bertz CT molecular complexity index is 514. The zero-order valence-corrected chi connectivity index (χ0v) is 11.7. The van der Waals surface area contributed by atoms with E-state index in [0.29, 0.717) is 24.9 Å². The molecule has 3 atom stereocenters. The van der Waals surface area contributed by atoms with Crippen LogP contribution in [0.3, 0.4) is 0 Å². The maximum absolute atomic E-state index is 12.7. The van der Waals surface area contributed by atoms with Crippen molar-refractivity contribution in [1.82, 2.24) is 10.2 Å². The van der Waals surface area contributed by atoms with Crippen LogP contribution in [0.1, 0.15) is 37.8 Å². The van der Waals surface area contributed by atoms with Crippen molar-refractivity contribution in [3.8, 4) is 0 Å². The van der Waals surface area contributed by atoms with E-state index < -0.39 is 6.04 Å². The SMILES string of the molecule is CCC1CC1N1CCC(=O)NC(c2ccccc2)C1=O. The number of hydrogen-bond donors (Lipinski definition) is 1. The zero-order valence-electron chi connectivity index (χ0n) is 11.7. The Morgan fingerprint density at radius 2 is 2.00 bits per heavy atom. The van der Waals surface area contributed by atoms with E-state index in [2.05, 4.69) is 12.2 Å². The molecule has 106 valence electrons. The second-order valence-corrected chi connectivity index (χ2v) is 5.66. The Labute approximate surface area is 119 Å². The summed E-state index contributed by atoms with van der Waals surface area (Å²) in [5, 5.41) is 2.86. The third kappa shape index (κ3) is 2.42. The maximum atomic E-state index is 12.7. The highest BCUT2D eigenvalue weighted by atomic mass is 16.2. The van der Waals surface area contributed by atoms with Crippen LogP contribution in [0.15, 0.2) is 30.3 Å². The first-order chi connectivity index (χ1) is 9.70. The van der Waals surface area contributed by atoms with Gasteiger partial charge in [-0.25, -0.2) is 0 Å². The Balaban J connectivity index is 1.85. The van der Waals surface area contributed by atoms with Gasteiger partial charge in [0, 0.05) is 19.0 Å². The van der Waals surface area contributed by atoms with E-state index in [-0.39, 0.29) is 11.8 Å². The number of hydrogen-bond acceptors (Lipinski definition) is 2. The van der Waals surface area contributed by atoms with Gasteiger partial charge in [0.15, 0.2) is 0 Å². The van der Waals surface area contributed by atoms with Crippen molar-refractivity contribution in [3.63, 3.8) is 0 Å². The number of carbonyl (C=O) groups is 2. The molecule has 1 aromatic carbocycles. The minimum atomic E-state index is -0.524. The van der Waals surface area contributed by atoms with Crippen LogP contribution < -0.4 is 5.32 Å². The standard InChI is InChI=1S/C16H20N2O2/c1-2-11-10-13(11)18-9-8-14(19)17-15(16(18)20)12-6-4-3-5-7-12/h3-7,11,13,15H,2,8-10H2,1H3,(H,17,19). The molecule has 2 aliphatic rings. The Morgan fingerprint density at radius 1 is 1.25 bits per heavy atom. The first-order valence-corrected chi connectivity index (χ1v) is 7.35. The summed E-state index contributed by atoms with van der Waals surface area (Å²) < 4.78 is 0. The molecule has 0 spiro atoms. The second kappa shape index (κ2) is 5.27. The average molecular weight is 272 g/mol. The van der Waals surface area contributed by atoms with Crippen LogP contribution in [0, 0.1) is 5.92 Å². The van der Waals surface area contributed by atoms with Gasteiger partial charge in [0.25, 0.3) is 0 Å². The molecule has 0 aromatic heterocycles. The highest BCUT2D eigenvalue weighted by molar-refractivity contribution is 5.91. The molecule has 1 aromatic rings. The highest BCUT2D eigenvalue weighted by Gasteiger charge is 2.45. The highest BCUT2D eigenvalue weighted by Crippen LogP contribution is 2.40. The summed E-state index contributed by atoms with van der Waals surface area (Å²) in [5.74, 6) is 0.620. The predicted molar refractivity (Wildman–Crippen MR) is 75.8 cm³/mol. The summed E-state index contributed by atoms with van der Waals surface area (Å²) in [5.41, 5.74) is 0.867. The predicted octanol–water partition coefficient (Wildman–Crippen LogP) is 1.87. The fourth-order valence-corrected chi connectivity index (χ4v) is 3.05. The number of amides is 2. The number of carbonyl (C=O) groups excluding carboxylic acids is 2. The molecule has 1 aliphatic heterocycles. The van der Waals surface area contributed by atoms with Crippen LogP contribution in [0.2, 0.25) is 0 Å².